The number of alkyl halides is 1. The number of nitrogens with zero attached hydrogens (tertiary/aromatic N) is 2. The Bertz CT molecular complexity index is 340. The van der Waals surface area contributed by atoms with Crippen LogP contribution < -0.4 is 0 Å². The molecular weight excluding hydrogens is 240 g/mol. The van der Waals surface area contributed by atoms with Gasteiger partial charge in [-0.2, -0.15) is 0 Å². The zero-order valence-corrected chi connectivity index (χ0v) is 11.5. The number of halogens is 1. The molecule has 16 heavy (non-hydrogen) atoms. The van der Waals surface area contributed by atoms with E-state index in [1.807, 2.05) is 0 Å². The minimum absolute atomic E-state index is 0.318. The Morgan fingerprint density at radius 1 is 1.50 bits per heavy atom. The first-order valence-corrected chi connectivity index (χ1v) is 7.24. The second-order valence-electron chi connectivity index (χ2n) is 4.64. The molecule has 2 nitrogen and oxygen atoms in total. The largest absolute Gasteiger partial charge is 0.296 e. The lowest BCUT2D eigenvalue weighted by Crippen LogP contribution is -2.40. The van der Waals surface area contributed by atoms with Gasteiger partial charge in [-0.1, -0.05) is 12.8 Å². The molecule has 1 aromatic rings. The quantitative estimate of drug-likeness (QED) is 0.773. The van der Waals surface area contributed by atoms with Crippen LogP contribution in [0.1, 0.15) is 36.4 Å². The number of hydrogen-bond donors (Lipinski definition) is 0. The van der Waals surface area contributed by atoms with Gasteiger partial charge in [-0.15, -0.1) is 22.9 Å². The molecule has 0 spiro atoms. The molecule has 90 valence electrons. The normalized spacial score (nSPS) is 26.2. The van der Waals surface area contributed by atoms with Gasteiger partial charge >= 0.3 is 0 Å². The van der Waals surface area contributed by atoms with Crippen LogP contribution in [0, 0.1) is 6.92 Å². The molecule has 0 radical (unpaired) electrons. The van der Waals surface area contributed by atoms with Crippen LogP contribution in [0.15, 0.2) is 5.38 Å². The van der Waals surface area contributed by atoms with E-state index in [4.69, 9.17) is 11.6 Å². The van der Waals surface area contributed by atoms with Crippen LogP contribution >= 0.6 is 22.9 Å². The summed E-state index contributed by atoms with van der Waals surface area (Å²) >= 11 is 8.11. The van der Waals surface area contributed by atoms with Gasteiger partial charge in [0.2, 0.25) is 0 Å². The molecule has 1 fully saturated rings. The highest BCUT2D eigenvalue weighted by Crippen LogP contribution is 2.27. The molecule has 0 N–H and O–H groups in total. The summed E-state index contributed by atoms with van der Waals surface area (Å²) in [6, 6.07) is 0.525. The summed E-state index contributed by atoms with van der Waals surface area (Å²) in [5.41, 5.74) is 1.18. The van der Waals surface area contributed by atoms with Crippen LogP contribution in [0.3, 0.4) is 0 Å². The van der Waals surface area contributed by atoms with Gasteiger partial charge in [0, 0.05) is 23.3 Å². The average molecular weight is 259 g/mol. The summed E-state index contributed by atoms with van der Waals surface area (Å²) in [5.74, 6) is 0. The first kappa shape index (κ1) is 12.3. The summed E-state index contributed by atoms with van der Waals surface area (Å²) < 4.78 is 0. The second kappa shape index (κ2) is 5.48. The Labute approximate surface area is 107 Å². The molecule has 1 heterocycles. The minimum Gasteiger partial charge on any atom is -0.296 e. The molecule has 2 atom stereocenters. The van der Waals surface area contributed by atoms with Crippen molar-refractivity contribution < 1.29 is 0 Å². The number of aromatic nitrogens is 1. The summed E-state index contributed by atoms with van der Waals surface area (Å²) in [5, 5.41) is 3.62. The Balaban J connectivity index is 1.93. The molecule has 1 aliphatic rings. The van der Waals surface area contributed by atoms with Gasteiger partial charge in [0.25, 0.3) is 0 Å². The predicted octanol–water partition coefficient (Wildman–Crippen LogP) is 3.43. The highest BCUT2D eigenvalue weighted by molar-refractivity contribution is 7.09. The van der Waals surface area contributed by atoms with Crippen molar-refractivity contribution in [3.8, 4) is 0 Å². The zero-order chi connectivity index (χ0) is 11.5. The summed E-state index contributed by atoms with van der Waals surface area (Å²) in [4.78, 5) is 6.87. The molecule has 1 aromatic heterocycles. The molecule has 0 bridgehead atoms. The number of hydrogen-bond acceptors (Lipinski definition) is 3. The van der Waals surface area contributed by atoms with Gasteiger partial charge in [-0.25, -0.2) is 4.98 Å². The van der Waals surface area contributed by atoms with Gasteiger partial charge in [0.15, 0.2) is 0 Å². The summed E-state index contributed by atoms with van der Waals surface area (Å²) in [6.45, 7) is 2.98. The second-order valence-corrected chi connectivity index (χ2v) is 6.26. The van der Waals surface area contributed by atoms with Crippen LogP contribution in [0.2, 0.25) is 0 Å². The van der Waals surface area contributed by atoms with E-state index in [1.54, 1.807) is 11.3 Å². The minimum atomic E-state index is 0.318. The van der Waals surface area contributed by atoms with Crippen molar-refractivity contribution >= 4 is 22.9 Å². The Hall–Kier alpha value is -0.120. The highest BCUT2D eigenvalue weighted by Gasteiger charge is 2.26. The van der Waals surface area contributed by atoms with E-state index < -0.39 is 0 Å². The van der Waals surface area contributed by atoms with E-state index >= 15 is 0 Å². The lowest BCUT2D eigenvalue weighted by atomic mass is 9.94. The molecule has 1 saturated carbocycles. The lowest BCUT2D eigenvalue weighted by Gasteiger charge is -2.34. The fourth-order valence-electron chi connectivity index (χ4n) is 2.42. The molecule has 0 aliphatic heterocycles. The van der Waals surface area contributed by atoms with E-state index in [0.29, 0.717) is 11.4 Å². The van der Waals surface area contributed by atoms with Gasteiger partial charge in [0.1, 0.15) is 0 Å². The number of rotatable bonds is 3. The SMILES string of the molecule is Cc1nc(CN(C)C2CCCCC2Cl)cs1. The van der Waals surface area contributed by atoms with Crippen LogP contribution in [-0.2, 0) is 6.54 Å². The first-order chi connectivity index (χ1) is 7.66. The number of aryl methyl sites for hydroxylation is 1. The van der Waals surface area contributed by atoms with E-state index in [0.717, 1.165) is 18.0 Å². The van der Waals surface area contributed by atoms with Crippen LogP contribution in [0.5, 0.6) is 0 Å². The standard InChI is InChI=1S/C12H19ClN2S/c1-9-14-10(8-16-9)7-15(2)12-6-4-3-5-11(12)13/h8,11-12H,3-7H2,1-2H3. The monoisotopic (exact) mass is 258 g/mol. The fraction of sp³-hybridized carbons (Fsp3) is 0.750. The van der Waals surface area contributed by atoms with Gasteiger partial charge in [0.05, 0.1) is 10.7 Å². The maximum Gasteiger partial charge on any atom is 0.0897 e. The first-order valence-electron chi connectivity index (χ1n) is 5.92. The molecule has 2 unspecified atom stereocenters. The smallest absolute Gasteiger partial charge is 0.0897 e. The molecule has 1 aliphatic carbocycles. The topological polar surface area (TPSA) is 16.1 Å². The zero-order valence-electron chi connectivity index (χ0n) is 9.95. The maximum atomic E-state index is 6.39. The average Bonchev–Trinajstić information content (AvgIpc) is 2.64. The highest BCUT2D eigenvalue weighted by atomic mass is 35.5. The number of thiazole rings is 1. The molecule has 0 aromatic carbocycles. The summed E-state index contributed by atoms with van der Waals surface area (Å²) in [7, 11) is 2.17. The predicted molar refractivity (Wildman–Crippen MR) is 70.2 cm³/mol. The van der Waals surface area contributed by atoms with Crippen LogP contribution in [-0.4, -0.2) is 28.4 Å². The van der Waals surface area contributed by atoms with Crippen LogP contribution in [0.25, 0.3) is 0 Å². The van der Waals surface area contributed by atoms with E-state index in [2.05, 4.69) is 29.2 Å². The van der Waals surface area contributed by atoms with Crippen molar-refractivity contribution in [1.29, 1.82) is 0 Å². The molecule has 0 saturated heterocycles. The third kappa shape index (κ3) is 2.96. The van der Waals surface area contributed by atoms with Gasteiger partial charge in [-0.05, 0) is 26.8 Å². The van der Waals surface area contributed by atoms with E-state index in [9.17, 15) is 0 Å². The van der Waals surface area contributed by atoms with Crippen molar-refractivity contribution in [1.82, 2.24) is 9.88 Å². The molecule has 0 amide bonds. The third-order valence-corrected chi connectivity index (χ3v) is 4.62. The Kier molecular flexibility index (Phi) is 4.22. The van der Waals surface area contributed by atoms with Gasteiger partial charge in [-0.3, -0.25) is 4.90 Å². The lowest BCUT2D eigenvalue weighted by molar-refractivity contribution is 0.187. The van der Waals surface area contributed by atoms with Crippen molar-refractivity contribution in [2.75, 3.05) is 7.05 Å². The molecule has 4 heteroatoms. The van der Waals surface area contributed by atoms with E-state index in [1.165, 1.54) is 25.0 Å². The Morgan fingerprint density at radius 2 is 2.25 bits per heavy atom. The molecule has 2 rings (SSSR count). The van der Waals surface area contributed by atoms with Crippen molar-refractivity contribution in [3.05, 3.63) is 16.1 Å². The van der Waals surface area contributed by atoms with Crippen molar-refractivity contribution in [3.63, 3.8) is 0 Å². The van der Waals surface area contributed by atoms with Crippen LogP contribution in [0.4, 0.5) is 0 Å². The fourth-order valence-corrected chi connectivity index (χ4v) is 3.49. The maximum absolute atomic E-state index is 6.39. The molecular formula is C12H19ClN2S. The third-order valence-electron chi connectivity index (χ3n) is 3.29. The van der Waals surface area contributed by atoms with Crippen molar-refractivity contribution in [2.45, 2.75) is 50.6 Å². The van der Waals surface area contributed by atoms with Crippen molar-refractivity contribution in [2.24, 2.45) is 0 Å². The summed E-state index contributed by atoms with van der Waals surface area (Å²) in [6.07, 6.45) is 4.99. The van der Waals surface area contributed by atoms with Gasteiger partial charge < -0.3 is 0 Å². The van der Waals surface area contributed by atoms with E-state index in [-0.39, 0.29) is 0 Å². The Morgan fingerprint density at radius 3 is 2.88 bits per heavy atom.